The van der Waals surface area contributed by atoms with Crippen molar-refractivity contribution >= 4 is 10.2 Å². The molecule has 1 aliphatic carbocycles. The van der Waals surface area contributed by atoms with E-state index in [0.717, 1.165) is 6.04 Å². The molecule has 1 rings (SSSR count). The lowest BCUT2D eigenvalue weighted by Crippen LogP contribution is -2.34. The van der Waals surface area contributed by atoms with Gasteiger partial charge in [-0.1, -0.05) is 19.8 Å². The summed E-state index contributed by atoms with van der Waals surface area (Å²) < 4.78 is 0. The summed E-state index contributed by atoms with van der Waals surface area (Å²) in [6.45, 7) is 3.63. The van der Waals surface area contributed by atoms with Crippen LogP contribution in [0.3, 0.4) is 0 Å². The van der Waals surface area contributed by atoms with Crippen molar-refractivity contribution in [2.75, 3.05) is 12.7 Å². The Morgan fingerprint density at radius 3 is 2.45 bits per heavy atom. The average molecular weight is 171 g/mol. The lowest BCUT2D eigenvalue weighted by Gasteiger charge is -2.26. The molecule has 0 aromatic heterocycles. The van der Waals surface area contributed by atoms with Crippen LogP contribution in [0.1, 0.15) is 39.0 Å². The first-order valence-corrected chi connectivity index (χ1v) is 6.54. The van der Waals surface area contributed by atoms with Gasteiger partial charge in [0.15, 0.2) is 0 Å². The van der Waals surface area contributed by atoms with E-state index < -0.39 is 0 Å². The van der Waals surface area contributed by atoms with Crippen LogP contribution >= 0.6 is 0 Å². The summed E-state index contributed by atoms with van der Waals surface area (Å²) in [6.07, 6.45) is 8.63. The minimum Gasteiger partial charge on any atom is -0.304 e. The Bertz CT molecular complexity index is 99.7. The minimum atomic E-state index is 0.965. The molecule has 0 N–H and O–H groups in total. The van der Waals surface area contributed by atoms with Crippen LogP contribution in [0.25, 0.3) is 0 Å². The average Bonchev–Trinajstić information content (AvgIpc) is 2.52. The topological polar surface area (TPSA) is 3.24 Å². The molecule has 0 aromatic carbocycles. The number of nitrogens with zero attached hydrogens (tertiary/aromatic N) is 1. The molecule has 0 amide bonds. The molecule has 0 atom stereocenters. The number of hydrogen-bond acceptors (Lipinski definition) is 1. The first-order chi connectivity index (χ1) is 5.38. The molecule has 0 aliphatic heterocycles. The summed E-state index contributed by atoms with van der Waals surface area (Å²) in [4.78, 5) is 2.71. The maximum absolute atomic E-state index is 2.71. The predicted octanol–water partition coefficient (Wildman–Crippen LogP) is 0.964. The Hall–Kier alpha value is 0.177. The van der Waals surface area contributed by atoms with Crippen molar-refractivity contribution in [3.8, 4) is 0 Å². The van der Waals surface area contributed by atoms with E-state index in [0.29, 0.717) is 0 Å². The largest absolute Gasteiger partial charge is 0.304 e. The van der Waals surface area contributed by atoms with Gasteiger partial charge >= 0.3 is 0 Å². The third-order valence-corrected chi connectivity index (χ3v) is 3.57. The molecule has 0 unspecified atom stereocenters. The maximum Gasteiger partial charge on any atom is 0.0205 e. The Labute approximate surface area is 73.6 Å². The van der Waals surface area contributed by atoms with Gasteiger partial charge in [-0.25, -0.2) is 0 Å². The van der Waals surface area contributed by atoms with Crippen molar-refractivity contribution in [3.05, 3.63) is 0 Å². The maximum atomic E-state index is 2.71. The van der Waals surface area contributed by atoms with Crippen LogP contribution in [0.4, 0.5) is 0 Å². The van der Waals surface area contributed by atoms with Crippen LogP contribution in [-0.2, 0) is 0 Å². The Kier molecular flexibility index (Phi) is 4.16. The van der Waals surface area contributed by atoms with Crippen LogP contribution in [0.5, 0.6) is 0 Å². The molecule has 0 spiro atoms. The van der Waals surface area contributed by atoms with Gasteiger partial charge in [0.25, 0.3) is 0 Å². The quantitative estimate of drug-likeness (QED) is 0.570. The highest BCUT2D eigenvalue weighted by Gasteiger charge is 2.19. The molecule has 66 valence electrons. The zero-order chi connectivity index (χ0) is 8.10. The molecule has 1 saturated carbocycles. The van der Waals surface area contributed by atoms with Crippen molar-refractivity contribution in [2.24, 2.45) is 0 Å². The molecule has 1 fully saturated rings. The lowest BCUT2D eigenvalue weighted by atomic mass is 10.2. The molecular formula is C9H21NSi. The number of hydrogen-bond donors (Lipinski definition) is 0. The van der Waals surface area contributed by atoms with Gasteiger partial charge in [0.2, 0.25) is 0 Å². The van der Waals surface area contributed by atoms with E-state index >= 15 is 0 Å². The van der Waals surface area contributed by atoms with Crippen LogP contribution in [-0.4, -0.2) is 33.9 Å². The number of rotatable bonds is 4. The second-order valence-electron chi connectivity index (χ2n) is 3.57. The lowest BCUT2D eigenvalue weighted by molar-refractivity contribution is 0.232. The molecule has 1 aliphatic rings. The van der Waals surface area contributed by atoms with Gasteiger partial charge in [0.05, 0.1) is 0 Å². The summed E-state index contributed by atoms with van der Waals surface area (Å²) in [5, 5.41) is 0. The first-order valence-electron chi connectivity index (χ1n) is 5.12. The van der Waals surface area contributed by atoms with Crippen molar-refractivity contribution in [3.63, 3.8) is 0 Å². The Morgan fingerprint density at radius 2 is 2.00 bits per heavy atom. The van der Waals surface area contributed by atoms with E-state index in [1.165, 1.54) is 55.1 Å². The van der Waals surface area contributed by atoms with Crippen LogP contribution in [0.2, 0.25) is 0 Å². The van der Waals surface area contributed by atoms with Gasteiger partial charge in [-0.2, -0.15) is 0 Å². The smallest absolute Gasteiger partial charge is 0.0205 e. The van der Waals surface area contributed by atoms with Crippen molar-refractivity contribution < 1.29 is 0 Å². The van der Waals surface area contributed by atoms with Gasteiger partial charge in [0, 0.05) is 16.3 Å². The fourth-order valence-corrected chi connectivity index (χ4v) is 2.99. The van der Waals surface area contributed by atoms with Gasteiger partial charge in [-0.05, 0) is 32.0 Å². The normalized spacial score (nSPS) is 20.2. The van der Waals surface area contributed by atoms with Gasteiger partial charge < -0.3 is 4.90 Å². The van der Waals surface area contributed by atoms with Gasteiger partial charge in [0.1, 0.15) is 0 Å². The molecule has 0 bridgehead atoms. The standard InChI is InChI=1S/C9H21NSi/c1-2-7-10(8-11)9-5-3-4-6-9/h9H,2-8H2,1,11H3. The van der Waals surface area contributed by atoms with E-state index in [-0.39, 0.29) is 0 Å². The Morgan fingerprint density at radius 1 is 1.36 bits per heavy atom. The molecular weight excluding hydrogens is 150 g/mol. The highest BCUT2D eigenvalue weighted by atomic mass is 28.1. The first kappa shape index (κ1) is 9.27. The third-order valence-electron chi connectivity index (χ3n) is 2.76. The third kappa shape index (κ3) is 2.60. The van der Waals surface area contributed by atoms with Crippen LogP contribution < -0.4 is 0 Å². The summed E-state index contributed by atoms with van der Waals surface area (Å²) in [5.41, 5.74) is 0. The molecule has 1 nitrogen and oxygen atoms in total. The van der Waals surface area contributed by atoms with E-state index in [2.05, 4.69) is 11.8 Å². The molecule has 0 heterocycles. The minimum absolute atomic E-state index is 0.965. The highest BCUT2D eigenvalue weighted by molar-refractivity contribution is 6.08. The zero-order valence-electron chi connectivity index (χ0n) is 7.97. The fraction of sp³-hybridized carbons (Fsp3) is 1.00. The SMILES string of the molecule is CCCN(C[SiH3])C1CCCC1. The Balaban J connectivity index is 2.27. The summed E-state index contributed by atoms with van der Waals surface area (Å²) in [5.74, 6) is 0. The van der Waals surface area contributed by atoms with Crippen molar-refractivity contribution in [1.29, 1.82) is 0 Å². The molecule has 2 heteroatoms. The van der Waals surface area contributed by atoms with E-state index in [9.17, 15) is 0 Å². The van der Waals surface area contributed by atoms with Crippen molar-refractivity contribution in [1.82, 2.24) is 4.90 Å². The van der Waals surface area contributed by atoms with E-state index in [4.69, 9.17) is 0 Å². The second kappa shape index (κ2) is 4.94. The zero-order valence-corrected chi connectivity index (χ0v) is 9.97. The monoisotopic (exact) mass is 171 g/mol. The molecule has 0 radical (unpaired) electrons. The molecule has 11 heavy (non-hydrogen) atoms. The summed E-state index contributed by atoms with van der Waals surface area (Å²) in [6, 6.07) is 0.965. The van der Waals surface area contributed by atoms with E-state index in [1.807, 2.05) is 0 Å². The van der Waals surface area contributed by atoms with Crippen molar-refractivity contribution in [2.45, 2.75) is 45.1 Å². The second-order valence-corrected chi connectivity index (χ2v) is 4.20. The predicted molar refractivity (Wildman–Crippen MR) is 54.1 cm³/mol. The summed E-state index contributed by atoms with van der Waals surface area (Å²) in [7, 11) is 1.35. The van der Waals surface area contributed by atoms with Gasteiger partial charge in [-0.3, -0.25) is 0 Å². The molecule has 0 saturated heterocycles. The molecule has 0 aromatic rings. The summed E-state index contributed by atoms with van der Waals surface area (Å²) >= 11 is 0. The van der Waals surface area contributed by atoms with E-state index in [1.54, 1.807) is 0 Å². The fourth-order valence-electron chi connectivity index (χ4n) is 2.16. The highest BCUT2D eigenvalue weighted by Crippen LogP contribution is 2.22. The van der Waals surface area contributed by atoms with Gasteiger partial charge in [-0.15, -0.1) is 0 Å². The van der Waals surface area contributed by atoms with Crippen LogP contribution in [0.15, 0.2) is 0 Å². The van der Waals surface area contributed by atoms with Crippen LogP contribution in [0, 0.1) is 0 Å².